The van der Waals surface area contributed by atoms with Crippen molar-refractivity contribution in [3.8, 4) is 0 Å². The molecule has 2 aliphatic rings. The first-order valence-electron chi connectivity index (χ1n) is 7.25. The van der Waals surface area contributed by atoms with E-state index >= 15 is 0 Å². The van der Waals surface area contributed by atoms with Gasteiger partial charge in [0.05, 0.1) is 10.2 Å². The molecule has 0 spiro atoms. The minimum Gasteiger partial charge on any atom is -0.465 e. The first-order chi connectivity index (χ1) is 11.4. The van der Waals surface area contributed by atoms with E-state index in [1.54, 1.807) is 0 Å². The second kappa shape index (κ2) is 5.13. The molecule has 11 heteroatoms. The van der Waals surface area contributed by atoms with Crippen LogP contribution in [0.2, 0.25) is 0 Å². The summed E-state index contributed by atoms with van der Waals surface area (Å²) in [5.41, 5.74) is -1.94. The smallest absolute Gasteiger partial charge is 0.410 e. The van der Waals surface area contributed by atoms with Crippen LogP contribution in [0.1, 0.15) is 25.8 Å². The molecule has 1 heterocycles. The number of nitro groups is 1. The van der Waals surface area contributed by atoms with E-state index in [0.29, 0.717) is 0 Å². The summed E-state index contributed by atoms with van der Waals surface area (Å²) in [6, 6.07) is 2.92. The lowest BCUT2D eigenvalue weighted by molar-refractivity contribution is -0.385. The summed E-state index contributed by atoms with van der Waals surface area (Å²) < 4.78 is 34.3. The maximum absolute atomic E-state index is 14.3. The van der Waals surface area contributed by atoms with E-state index in [4.69, 9.17) is 5.11 Å². The van der Waals surface area contributed by atoms with Crippen molar-refractivity contribution in [1.82, 2.24) is 5.32 Å². The zero-order valence-corrected chi connectivity index (χ0v) is 14.1. The minimum absolute atomic E-state index is 0.0572. The molecule has 1 aliphatic carbocycles. The second-order valence-electron chi connectivity index (χ2n) is 6.53. The summed E-state index contributed by atoms with van der Waals surface area (Å²) >= 11 is 0. The highest BCUT2D eigenvalue weighted by molar-refractivity contribution is 8.26. The fraction of sp³-hybridized carbons (Fsp3) is 0.429. The van der Waals surface area contributed by atoms with Gasteiger partial charge in [-0.25, -0.2) is 9.18 Å². The molecule has 1 amide bonds. The number of nitrogens with zero attached hydrogens (tertiary/aromatic N) is 2. The van der Waals surface area contributed by atoms with Gasteiger partial charge in [-0.3, -0.25) is 29.5 Å². The molecular formula is C14H16FN3O6S. The fourth-order valence-electron chi connectivity index (χ4n) is 3.14. The quantitative estimate of drug-likeness (QED) is 0.463. The van der Waals surface area contributed by atoms with Crippen LogP contribution >= 0.6 is 10.6 Å². The van der Waals surface area contributed by atoms with Crippen molar-refractivity contribution in [3.05, 3.63) is 39.7 Å². The molecule has 3 rings (SSSR count). The largest absolute Gasteiger partial charge is 0.465 e. The van der Waals surface area contributed by atoms with E-state index in [0.717, 1.165) is 18.2 Å². The number of nitrogens with one attached hydrogen (secondary N) is 1. The van der Waals surface area contributed by atoms with E-state index in [9.17, 15) is 28.4 Å². The van der Waals surface area contributed by atoms with Gasteiger partial charge in [0.1, 0.15) is 21.9 Å². The molecular weight excluding hydrogens is 357 g/mol. The van der Waals surface area contributed by atoms with E-state index < -0.39 is 43.0 Å². The van der Waals surface area contributed by atoms with Gasteiger partial charge in [0.15, 0.2) is 0 Å². The van der Waals surface area contributed by atoms with Crippen molar-refractivity contribution in [3.63, 3.8) is 0 Å². The van der Waals surface area contributed by atoms with E-state index in [2.05, 4.69) is 4.99 Å². The van der Waals surface area contributed by atoms with Gasteiger partial charge in [-0.2, -0.15) is 10.6 Å². The average molecular weight is 373 g/mol. The van der Waals surface area contributed by atoms with Crippen LogP contribution in [-0.4, -0.2) is 41.1 Å². The maximum Gasteiger partial charge on any atom is 0.410 e. The molecule has 4 N–H and O–H groups in total. The summed E-state index contributed by atoms with van der Waals surface area (Å²) in [5.74, 6) is -0.985. The van der Waals surface area contributed by atoms with E-state index in [1.165, 1.54) is 13.8 Å². The van der Waals surface area contributed by atoms with Crippen molar-refractivity contribution in [1.29, 1.82) is 0 Å². The van der Waals surface area contributed by atoms with Gasteiger partial charge in [0, 0.05) is 24.1 Å². The van der Waals surface area contributed by atoms with Crippen molar-refractivity contribution in [2.24, 2.45) is 4.99 Å². The Hall–Kier alpha value is -2.24. The molecule has 9 nitrogen and oxygen atoms in total. The van der Waals surface area contributed by atoms with Gasteiger partial charge < -0.3 is 5.11 Å². The van der Waals surface area contributed by atoms with Gasteiger partial charge in [0.2, 0.25) is 0 Å². The molecule has 0 unspecified atom stereocenters. The Balaban J connectivity index is 2.19. The van der Waals surface area contributed by atoms with Crippen LogP contribution in [-0.2, 0) is 5.54 Å². The van der Waals surface area contributed by atoms with Crippen molar-refractivity contribution < 1.29 is 28.3 Å². The molecule has 0 saturated heterocycles. The highest BCUT2D eigenvalue weighted by Crippen LogP contribution is 2.75. The number of fused-ring (bicyclic) bond motifs is 1. The predicted molar refractivity (Wildman–Crippen MR) is 88.7 cm³/mol. The molecule has 2 atom stereocenters. The predicted octanol–water partition coefficient (Wildman–Crippen LogP) is 2.91. The Bertz CT molecular complexity index is 827. The second-order valence-corrected chi connectivity index (χ2v) is 9.31. The number of nitro benzene ring substituents is 1. The summed E-state index contributed by atoms with van der Waals surface area (Å²) in [5, 5.41) is 21.2. The lowest BCUT2D eigenvalue weighted by Gasteiger charge is -2.50. The molecule has 1 aliphatic heterocycles. The zero-order chi connectivity index (χ0) is 18.8. The highest BCUT2D eigenvalue weighted by atomic mass is 32.3. The molecule has 0 aromatic heterocycles. The summed E-state index contributed by atoms with van der Waals surface area (Å²) in [6.45, 7) is 2.87. The number of rotatable bonds is 2. The molecule has 0 bridgehead atoms. The molecule has 0 radical (unpaired) electrons. The van der Waals surface area contributed by atoms with Gasteiger partial charge in [-0.05, 0) is 19.9 Å². The van der Waals surface area contributed by atoms with Gasteiger partial charge in [-0.1, -0.05) is 0 Å². The van der Waals surface area contributed by atoms with Crippen LogP contribution in [0.15, 0.2) is 23.2 Å². The van der Waals surface area contributed by atoms with Crippen LogP contribution in [0, 0.1) is 15.9 Å². The summed E-state index contributed by atoms with van der Waals surface area (Å²) in [4.78, 5) is 25.6. The van der Waals surface area contributed by atoms with Crippen molar-refractivity contribution in [2.45, 2.75) is 35.8 Å². The maximum atomic E-state index is 14.3. The van der Waals surface area contributed by atoms with Gasteiger partial charge in [-0.15, -0.1) is 0 Å². The topological polar surface area (TPSA) is 145 Å². The summed E-state index contributed by atoms with van der Waals surface area (Å²) in [6.07, 6.45) is -1.39. The van der Waals surface area contributed by atoms with E-state index in [1.807, 2.05) is 5.32 Å². The van der Waals surface area contributed by atoms with Crippen LogP contribution in [0.5, 0.6) is 0 Å². The van der Waals surface area contributed by atoms with Crippen molar-refractivity contribution in [2.75, 3.05) is 0 Å². The first kappa shape index (κ1) is 17.6. The SMILES string of the molecule is CC1(C)C(NC(=O)O)=N[C@@]2(c3cc([N+](=O)[O-])ccc3F)C[C@H]2S1(O)O. The normalized spacial score (nSPS) is 29.8. The Morgan fingerprint density at radius 1 is 1.48 bits per heavy atom. The number of aliphatic imine (C=N–C) groups is 1. The standard InChI is InChI=1S/C14H16FN3O6S/c1-13(2)11(16-12(19)20)17-14(6-10(14)25(13,23)24)8-5-7(18(21)22)3-4-9(8)15/h3-5,10,23-24H,6H2,1-2H3,(H,16,17)(H,19,20)/t10-,14-/m1/s1. The van der Waals surface area contributed by atoms with Crippen LogP contribution in [0.4, 0.5) is 14.9 Å². The molecule has 1 aromatic rings. The first-order valence-corrected chi connectivity index (χ1v) is 8.86. The number of non-ortho nitro benzene ring substituents is 1. The Morgan fingerprint density at radius 2 is 2.12 bits per heavy atom. The third-order valence-electron chi connectivity index (χ3n) is 4.75. The van der Waals surface area contributed by atoms with E-state index in [-0.39, 0.29) is 23.5 Å². The Morgan fingerprint density at radius 3 is 2.68 bits per heavy atom. The van der Waals surface area contributed by atoms with Gasteiger partial charge in [0.25, 0.3) is 5.69 Å². The molecule has 1 aromatic carbocycles. The summed E-state index contributed by atoms with van der Waals surface area (Å²) in [7, 11) is -3.41. The Labute approximate surface area is 143 Å². The Kier molecular flexibility index (Phi) is 3.61. The molecule has 1 fully saturated rings. The third kappa shape index (κ3) is 2.38. The lowest BCUT2D eigenvalue weighted by Crippen LogP contribution is -2.52. The number of hydrogen-bond donors (Lipinski definition) is 4. The zero-order valence-electron chi connectivity index (χ0n) is 13.3. The number of carboxylic acid groups (broad SMARTS) is 1. The molecule has 25 heavy (non-hydrogen) atoms. The number of amidine groups is 1. The fourth-order valence-corrected chi connectivity index (χ4v) is 5.45. The van der Waals surface area contributed by atoms with Gasteiger partial charge >= 0.3 is 6.09 Å². The molecule has 136 valence electrons. The number of hydrogen-bond acceptors (Lipinski definition) is 6. The van der Waals surface area contributed by atoms with Crippen LogP contribution < -0.4 is 5.32 Å². The van der Waals surface area contributed by atoms with Crippen LogP contribution in [0.3, 0.4) is 0 Å². The molecule has 1 saturated carbocycles. The average Bonchev–Trinajstić information content (AvgIpc) is 3.21. The third-order valence-corrected chi connectivity index (χ3v) is 7.80. The highest BCUT2D eigenvalue weighted by Gasteiger charge is 2.70. The lowest BCUT2D eigenvalue weighted by atomic mass is 10.0. The minimum atomic E-state index is -3.41. The van der Waals surface area contributed by atoms with Crippen LogP contribution in [0.25, 0.3) is 0 Å². The number of benzene rings is 1. The monoisotopic (exact) mass is 373 g/mol. The number of amides is 1. The van der Waals surface area contributed by atoms with Crippen molar-refractivity contribution >= 4 is 28.2 Å². The number of carbonyl (C=O) groups is 1. The number of halogens is 1.